The predicted molar refractivity (Wildman–Crippen MR) is 301 cm³/mol. The van der Waals surface area contributed by atoms with Crippen molar-refractivity contribution in [2.24, 2.45) is 11.8 Å². The molecule has 3 fully saturated rings. The molecule has 0 radical (unpaired) electrons. The number of aliphatic hydroxyl groups excluding tert-OH is 5. The van der Waals surface area contributed by atoms with Crippen molar-refractivity contribution in [3.63, 3.8) is 0 Å². The number of ether oxygens (including phenoxy) is 5. The summed E-state index contributed by atoms with van der Waals surface area (Å²) in [5.74, 6) is -10.9. The Kier molecular flexibility index (Phi) is 41.2. The molecular formula is C51H89FN10O28. The number of amides is 2. The van der Waals surface area contributed by atoms with Gasteiger partial charge in [-0.3, -0.25) is 91.6 Å². The van der Waals surface area contributed by atoms with Gasteiger partial charge >= 0.3 is 59.7 Å². The number of carboxylic acids is 6. The minimum atomic E-state index is -1.68. The first-order valence-electron chi connectivity index (χ1n) is 28.0. The lowest BCUT2D eigenvalue weighted by atomic mass is 9.83. The van der Waals surface area contributed by atoms with E-state index in [-0.39, 0.29) is 134 Å². The summed E-state index contributed by atoms with van der Waals surface area (Å²) in [6.45, 7) is 4.03. The van der Waals surface area contributed by atoms with Gasteiger partial charge in [0, 0.05) is 119 Å². The minimum absolute atomic E-state index is 0. The molecule has 3 rings (SSSR count). The van der Waals surface area contributed by atoms with Gasteiger partial charge in [-0.25, -0.2) is 0 Å². The topological polar surface area (TPSA) is 541 Å². The predicted octanol–water partition coefficient (Wildman–Crippen LogP) is -9.16. The number of carbonyl (C=O) groups is 12. The van der Waals surface area contributed by atoms with Crippen LogP contribution in [0.3, 0.4) is 0 Å². The second-order valence-corrected chi connectivity index (χ2v) is 20.7. The summed E-state index contributed by atoms with van der Waals surface area (Å²) in [6.07, 6.45) is -9.63. The van der Waals surface area contributed by atoms with E-state index in [1.807, 2.05) is 13.8 Å². The molecule has 0 aromatic carbocycles. The van der Waals surface area contributed by atoms with Crippen molar-refractivity contribution >= 4 is 71.5 Å². The van der Waals surface area contributed by atoms with Crippen LogP contribution in [0, 0.1) is 11.8 Å². The van der Waals surface area contributed by atoms with Crippen LogP contribution in [-0.4, -0.2) is 370 Å². The highest BCUT2D eigenvalue weighted by atomic mass is 19.0. The van der Waals surface area contributed by atoms with Gasteiger partial charge in [-0.2, -0.15) is 0 Å². The Morgan fingerprint density at radius 2 is 0.856 bits per heavy atom. The first-order chi connectivity index (χ1) is 41.8. The van der Waals surface area contributed by atoms with E-state index < -0.39 is 147 Å². The van der Waals surface area contributed by atoms with Crippen molar-refractivity contribution in [3.8, 4) is 0 Å². The summed E-state index contributed by atoms with van der Waals surface area (Å²) in [4.78, 5) is 147. The third-order valence-electron chi connectivity index (χ3n) is 13.5. The number of cyclic esters (lactones) is 2. The smallest absolute Gasteiger partial charge is 0.327 e. The van der Waals surface area contributed by atoms with E-state index in [4.69, 9.17) is 34.3 Å². The number of rotatable bonds is 40. The fraction of sp³-hybridized carbons (Fsp3) is 0.765. The Bertz CT molecular complexity index is 2270. The van der Waals surface area contributed by atoms with E-state index in [9.17, 15) is 98.4 Å². The van der Waals surface area contributed by atoms with Crippen LogP contribution in [0.2, 0.25) is 0 Å². The van der Waals surface area contributed by atoms with Crippen molar-refractivity contribution in [2.45, 2.75) is 76.9 Å². The molecule has 0 aliphatic carbocycles. The number of carbonyl (C=O) groups excluding carboxylic acids is 6. The average Bonchev–Trinajstić information content (AvgIpc) is 1.67. The normalized spacial score (nSPS) is 22.4. The summed E-state index contributed by atoms with van der Waals surface area (Å²) in [7, 11) is 1.00. The lowest BCUT2D eigenvalue weighted by Crippen LogP contribution is -2.59. The maximum atomic E-state index is 12.6. The largest absolute Gasteiger partial charge is 0.480 e. The van der Waals surface area contributed by atoms with Gasteiger partial charge in [-0.15, -0.1) is 0 Å². The molecule has 0 aromatic heterocycles. The zero-order valence-corrected chi connectivity index (χ0v) is 50.7. The zero-order chi connectivity index (χ0) is 67.5. The fourth-order valence-electron chi connectivity index (χ4n) is 9.02. The van der Waals surface area contributed by atoms with Crippen LogP contribution in [0.15, 0.2) is 0 Å². The van der Waals surface area contributed by atoms with Gasteiger partial charge in [0.1, 0.15) is 24.4 Å². The molecule has 3 aliphatic heterocycles. The Labute approximate surface area is 516 Å². The van der Waals surface area contributed by atoms with Gasteiger partial charge in [0.25, 0.3) is 0 Å². The zero-order valence-electron chi connectivity index (χ0n) is 50.7. The lowest BCUT2D eigenvalue weighted by molar-refractivity contribution is -0.280. The van der Waals surface area contributed by atoms with Crippen LogP contribution in [-0.2, 0) is 81.2 Å². The van der Waals surface area contributed by atoms with Gasteiger partial charge in [-0.05, 0) is 5.92 Å². The van der Waals surface area contributed by atoms with Crippen molar-refractivity contribution < 1.29 is 142 Å². The molecule has 90 heavy (non-hydrogen) atoms. The highest BCUT2D eigenvalue weighted by Gasteiger charge is 2.45. The van der Waals surface area contributed by atoms with Crippen LogP contribution >= 0.6 is 0 Å². The molecule has 3 aliphatic rings. The standard InChI is InChI=1S/C28H45N5O13.C22H39N5O14.CH4O.FH/c1-17-18(2)27(43-19(3)34)28(44-20(4)35)45-21(17)11-29-5-6-30-22(36)12-32(14-24(39)40)9-7-31(13-23(37)38)8-10-33-15-25(41)46-26(42)16-33;28-14(24-2-1-23-7-13-19(37)20(38)21(39)22(40)41-13)8-26(10-16(31)32)5-3-25(9-15(29)30)4-6-27(11-17(33)34)12-18(35)36;1-2;/h17-18,21,27-29H,5-16H2,1-4H3,(H,30,36)(H,37,38)(H,39,40);13,19-23,37-40H,1-12H2,(H,24,28)(H,29,30)(H,31,32)(H,33,34)(H,35,36);2H,1H3;1H/t17-,18-,21?,27?,28+;13?,19-,20+,21?,22-;;/m01../s1. The first kappa shape index (κ1) is 83.2. The van der Waals surface area contributed by atoms with E-state index in [2.05, 4.69) is 26.0 Å². The summed E-state index contributed by atoms with van der Waals surface area (Å²) in [5, 5.41) is 112. The van der Waals surface area contributed by atoms with Gasteiger partial charge in [0.15, 0.2) is 12.4 Å². The van der Waals surface area contributed by atoms with Crippen molar-refractivity contribution in [1.29, 1.82) is 0 Å². The molecule has 0 aromatic rings. The number of esters is 4. The first-order valence-corrected chi connectivity index (χ1v) is 28.0. The molecule has 38 nitrogen and oxygen atoms in total. The van der Waals surface area contributed by atoms with Gasteiger partial charge in [0.05, 0.1) is 71.6 Å². The summed E-state index contributed by atoms with van der Waals surface area (Å²) in [6, 6.07) is 0. The Balaban J connectivity index is 0.00000171. The molecule has 2 amide bonds. The number of halogens is 1. The third-order valence-corrected chi connectivity index (χ3v) is 13.5. The van der Waals surface area contributed by atoms with E-state index >= 15 is 0 Å². The van der Waals surface area contributed by atoms with Crippen molar-refractivity contribution in [1.82, 2.24) is 50.7 Å². The molecule has 0 spiro atoms. The molecule has 0 saturated carbocycles. The van der Waals surface area contributed by atoms with Crippen LogP contribution < -0.4 is 21.3 Å². The minimum Gasteiger partial charge on any atom is -0.480 e. The van der Waals surface area contributed by atoms with Crippen LogP contribution in [0.5, 0.6) is 0 Å². The average molecular weight is 1310 g/mol. The summed E-state index contributed by atoms with van der Waals surface area (Å²) >= 11 is 0. The molecule has 3 heterocycles. The molecule has 10 atom stereocenters. The molecule has 4 unspecified atom stereocenters. The number of morpholine rings is 1. The second kappa shape index (κ2) is 44.6. The van der Waals surface area contributed by atoms with Crippen molar-refractivity contribution in [3.05, 3.63) is 0 Å². The van der Waals surface area contributed by atoms with Gasteiger partial charge in [-0.1, -0.05) is 13.8 Å². The Hall–Kier alpha value is -6.83. The molecule has 39 heteroatoms. The second-order valence-electron chi connectivity index (χ2n) is 20.7. The van der Waals surface area contributed by atoms with Crippen molar-refractivity contribution in [2.75, 3.05) is 164 Å². The maximum Gasteiger partial charge on any atom is 0.327 e. The van der Waals surface area contributed by atoms with Gasteiger partial charge < -0.3 is 101 Å². The fourth-order valence-corrected chi connectivity index (χ4v) is 9.02. The maximum absolute atomic E-state index is 12.6. The van der Waals surface area contributed by atoms with Crippen LogP contribution in [0.4, 0.5) is 4.70 Å². The number of aliphatic hydroxyl groups is 5. The Morgan fingerprint density at radius 1 is 0.489 bits per heavy atom. The SMILES string of the molecule is CC(=O)OC1[C@H](OC(C)=O)OC(CNCCNC(=O)CN(CCN(CCN2CC(=O)OC(=O)C2)CC(=O)O)CC(=O)O)[C@@H](C)[C@@H]1C.CO.F.O=C(O)CN(CCN(CC(=O)O)CC(=O)O)CCN(CC(=O)O)CC(=O)NCCNCC1O[C@@H](O)C(O)[C@@H](O)[C@@H]1O. The third kappa shape index (κ3) is 35.5. The highest BCUT2D eigenvalue weighted by Crippen LogP contribution is 2.33. The van der Waals surface area contributed by atoms with E-state index in [0.717, 1.165) is 12.0 Å². The lowest BCUT2D eigenvalue weighted by Gasteiger charge is -2.43. The molecular weight excluding hydrogens is 1220 g/mol. The summed E-state index contributed by atoms with van der Waals surface area (Å²) < 4.78 is 26.0. The molecule has 518 valence electrons. The molecule has 3 saturated heterocycles. The number of hydrogen-bond acceptors (Lipinski definition) is 30. The number of nitrogens with zero attached hydrogens (tertiary/aromatic N) is 6. The van der Waals surface area contributed by atoms with Gasteiger partial charge in [0.2, 0.25) is 18.1 Å². The number of hydrogen-bond donors (Lipinski definition) is 15. The van der Waals surface area contributed by atoms with Crippen LogP contribution in [0.25, 0.3) is 0 Å². The Morgan fingerprint density at radius 3 is 1.26 bits per heavy atom. The highest BCUT2D eigenvalue weighted by molar-refractivity contribution is 5.90. The van der Waals surface area contributed by atoms with Crippen LogP contribution in [0.1, 0.15) is 27.7 Å². The molecule has 0 bridgehead atoms. The van der Waals surface area contributed by atoms with E-state index in [1.54, 1.807) is 0 Å². The van der Waals surface area contributed by atoms with E-state index in [1.165, 1.54) is 38.3 Å². The number of aliphatic carboxylic acids is 6. The summed E-state index contributed by atoms with van der Waals surface area (Å²) in [5.41, 5.74) is 0. The molecule has 15 N–H and O–H groups in total. The van der Waals surface area contributed by atoms with E-state index in [0.29, 0.717) is 13.1 Å². The quantitative estimate of drug-likeness (QED) is 0.0117. The number of carboxylic acid groups (broad SMARTS) is 6. The monoisotopic (exact) mass is 1310 g/mol. The number of nitrogens with one attached hydrogen (secondary N) is 4.